The highest BCUT2D eigenvalue weighted by Crippen LogP contribution is 2.32. The number of hydrogen-bond acceptors (Lipinski definition) is 3. The lowest BCUT2D eigenvalue weighted by Gasteiger charge is -2.31. The maximum atomic E-state index is 6.06. The Kier molecular flexibility index (Phi) is 2.77. The maximum Gasteiger partial charge on any atom is 0.116 e. The van der Waals surface area contributed by atoms with Crippen LogP contribution in [0.4, 0.5) is 5.69 Å². The van der Waals surface area contributed by atoms with E-state index in [0.717, 1.165) is 30.3 Å². The molecule has 1 aliphatic heterocycles. The third-order valence-corrected chi connectivity index (χ3v) is 3.63. The Morgan fingerprint density at radius 3 is 2.69 bits per heavy atom. The molecule has 0 atom stereocenters. The molecule has 2 N–H and O–H groups in total. The summed E-state index contributed by atoms with van der Waals surface area (Å²) < 4.78 is 0.899. The maximum absolute atomic E-state index is 6.06. The standard InChI is InChI=1S/C9H13ClN2S/c10-9-8(3-6-13-9)12-4-1-7(11)2-5-12/h3,6-7H,1-2,4-5,11H2. The van der Waals surface area contributed by atoms with Crippen LogP contribution in [0.2, 0.25) is 4.34 Å². The molecule has 1 fully saturated rings. The van der Waals surface area contributed by atoms with Gasteiger partial charge >= 0.3 is 0 Å². The highest BCUT2D eigenvalue weighted by atomic mass is 35.5. The molecular formula is C9H13ClN2S. The van der Waals surface area contributed by atoms with E-state index in [1.54, 1.807) is 11.3 Å². The number of piperidine rings is 1. The van der Waals surface area contributed by atoms with Gasteiger partial charge in [-0.05, 0) is 24.3 Å². The molecule has 0 aliphatic carbocycles. The van der Waals surface area contributed by atoms with Crippen molar-refractivity contribution in [1.82, 2.24) is 0 Å². The van der Waals surface area contributed by atoms with Crippen LogP contribution in [0.15, 0.2) is 11.4 Å². The number of hydrogen-bond donors (Lipinski definition) is 1. The SMILES string of the molecule is NC1CCN(c2ccsc2Cl)CC1. The summed E-state index contributed by atoms with van der Waals surface area (Å²) in [6.45, 7) is 2.08. The minimum absolute atomic E-state index is 0.383. The molecule has 1 aromatic rings. The average molecular weight is 217 g/mol. The number of halogens is 1. The molecule has 2 heterocycles. The van der Waals surface area contributed by atoms with Crippen LogP contribution in [0.3, 0.4) is 0 Å². The fourth-order valence-electron chi connectivity index (χ4n) is 1.65. The molecule has 1 aliphatic rings. The number of nitrogens with zero attached hydrogens (tertiary/aromatic N) is 1. The molecule has 0 bridgehead atoms. The van der Waals surface area contributed by atoms with Gasteiger partial charge in [0, 0.05) is 19.1 Å². The zero-order valence-corrected chi connectivity index (χ0v) is 8.94. The van der Waals surface area contributed by atoms with Gasteiger partial charge in [0.25, 0.3) is 0 Å². The van der Waals surface area contributed by atoms with Gasteiger partial charge in [0.1, 0.15) is 4.34 Å². The van der Waals surface area contributed by atoms with Crippen molar-refractivity contribution in [2.75, 3.05) is 18.0 Å². The molecule has 2 rings (SSSR count). The zero-order valence-electron chi connectivity index (χ0n) is 7.37. The first-order chi connectivity index (χ1) is 6.27. The van der Waals surface area contributed by atoms with Crippen LogP contribution < -0.4 is 10.6 Å². The van der Waals surface area contributed by atoms with Gasteiger partial charge in [0.2, 0.25) is 0 Å². The first kappa shape index (κ1) is 9.31. The predicted octanol–water partition coefficient (Wildman–Crippen LogP) is 2.33. The second-order valence-electron chi connectivity index (χ2n) is 3.40. The quantitative estimate of drug-likeness (QED) is 0.781. The van der Waals surface area contributed by atoms with Crippen molar-refractivity contribution >= 4 is 28.6 Å². The zero-order chi connectivity index (χ0) is 9.26. The van der Waals surface area contributed by atoms with Crippen molar-refractivity contribution in [2.45, 2.75) is 18.9 Å². The third kappa shape index (κ3) is 1.98. The lowest BCUT2D eigenvalue weighted by molar-refractivity contribution is 0.501. The van der Waals surface area contributed by atoms with Crippen LogP contribution >= 0.6 is 22.9 Å². The van der Waals surface area contributed by atoms with E-state index < -0.39 is 0 Å². The monoisotopic (exact) mass is 216 g/mol. The predicted molar refractivity (Wildman–Crippen MR) is 58.8 cm³/mol. The second-order valence-corrected chi connectivity index (χ2v) is 4.92. The van der Waals surface area contributed by atoms with E-state index in [9.17, 15) is 0 Å². The molecule has 2 nitrogen and oxygen atoms in total. The fourth-order valence-corrected chi connectivity index (χ4v) is 2.63. The van der Waals surface area contributed by atoms with Crippen molar-refractivity contribution in [3.63, 3.8) is 0 Å². The van der Waals surface area contributed by atoms with Gasteiger partial charge in [0.05, 0.1) is 5.69 Å². The molecule has 0 spiro atoms. The average Bonchev–Trinajstić information content (AvgIpc) is 2.53. The third-order valence-electron chi connectivity index (χ3n) is 2.48. The highest BCUT2D eigenvalue weighted by molar-refractivity contribution is 7.15. The van der Waals surface area contributed by atoms with Gasteiger partial charge in [-0.15, -0.1) is 11.3 Å². The summed E-state index contributed by atoms with van der Waals surface area (Å²) in [6, 6.07) is 2.47. The molecule has 4 heteroatoms. The summed E-state index contributed by atoms with van der Waals surface area (Å²) in [5.41, 5.74) is 7.01. The number of thiophene rings is 1. The summed E-state index contributed by atoms with van der Waals surface area (Å²) >= 11 is 7.65. The van der Waals surface area contributed by atoms with Crippen molar-refractivity contribution in [3.05, 3.63) is 15.8 Å². The molecule has 72 valence electrons. The van der Waals surface area contributed by atoms with E-state index in [2.05, 4.69) is 11.0 Å². The molecule has 1 saturated heterocycles. The summed E-state index contributed by atoms with van der Waals surface area (Å²) in [5.74, 6) is 0. The fraction of sp³-hybridized carbons (Fsp3) is 0.556. The van der Waals surface area contributed by atoms with E-state index in [1.165, 1.54) is 5.69 Å². The topological polar surface area (TPSA) is 29.3 Å². The van der Waals surface area contributed by atoms with Crippen LogP contribution in [-0.4, -0.2) is 19.1 Å². The van der Waals surface area contributed by atoms with Crippen LogP contribution in [0.25, 0.3) is 0 Å². The summed E-state index contributed by atoms with van der Waals surface area (Å²) in [5, 5.41) is 2.03. The van der Waals surface area contributed by atoms with E-state index >= 15 is 0 Å². The number of nitrogens with two attached hydrogens (primary N) is 1. The minimum atomic E-state index is 0.383. The smallest absolute Gasteiger partial charge is 0.116 e. The van der Waals surface area contributed by atoms with Crippen molar-refractivity contribution in [3.8, 4) is 0 Å². The van der Waals surface area contributed by atoms with E-state index in [-0.39, 0.29) is 0 Å². The van der Waals surface area contributed by atoms with Gasteiger partial charge in [-0.2, -0.15) is 0 Å². The first-order valence-corrected chi connectivity index (χ1v) is 5.76. The summed E-state index contributed by atoms with van der Waals surface area (Å²) in [4.78, 5) is 2.32. The molecule has 0 saturated carbocycles. The van der Waals surface area contributed by atoms with Gasteiger partial charge in [-0.25, -0.2) is 0 Å². The molecule has 13 heavy (non-hydrogen) atoms. The molecular weight excluding hydrogens is 204 g/mol. The normalized spacial score (nSPS) is 19.4. The summed E-state index contributed by atoms with van der Waals surface area (Å²) in [6.07, 6.45) is 2.15. The Labute approximate surface area is 87.3 Å². The van der Waals surface area contributed by atoms with Gasteiger partial charge < -0.3 is 10.6 Å². The van der Waals surface area contributed by atoms with E-state index in [1.807, 2.05) is 5.38 Å². The molecule has 0 radical (unpaired) electrons. The van der Waals surface area contributed by atoms with Gasteiger partial charge in [0.15, 0.2) is 0 Å². The minimum Gasteiger partial charge on any atom is -0.370 e. The van der Waals surface area contributed by atoms with Gasteiger partial charge in [-0.1, -0.05) is 11.6 Å². The van der Waals surface area contributed by atoms with Crippen molar-refractivity contribution in [2.24, 2.45) is 5.73 Å². The Bertz CT molecular complexity index is 279. The van der Waals surface area contributed by atoms with Crippen LogP contribution in [0.5, 0.6) is 0 Å². The molecule has 0 unspecified atom stereocenters. The van der Waals surface area contributed by atoms with Crippen LogP contribution in [0.1, 0.15) is 12.8 Å². The van der Waals surface area contributed by atoms with Crippen LogP contribution in [-0.2, 0) is 0 Å². The largest absolute Gasteiger partial charge is 0.370 e. The van der Waals surface area contributed by atoms with Crippen molar-refractivity contribution < 1.29 is 0 Å². The van der Waals surface area contributed by atoms with E-state index in [0.29, 0.717) is 6.04 Å². The summed E-state index contributed by atoms with van der Waals surface area (Å²) in [7, 11) is 0. The Balaban J connectivity index is 2.06. The Hall–Kier alpha value is -0.250. The molecule has 0 aromatic carbocycles. The highest BCUT2D eigenvalue weighted by Gasteiger charge is 2.18. The lowest BCUT2D eigenvalue weighted by Crippen LogP contribution is -2.39. The van der Waals surface area contributed by atoms with Gasteiger partial charge in [-0.3, -0.25) is 0 Å². The molecule has 1 aromatic heterocycles. The second kappa shape index (κ2) is 3.86. The number of anilines is 1. The molecule has 0 amide bonds. The van der Waals surface area contributed by atoms with Crippen LogP contribution in [0, 0.1) is 0 Å². The van der Waals surface area contributed by atoms with Crippen molar-refractivity contribution in [1.29, 1.82) is 0 Å². The first-order valence-electron chi connectivity index (χ1n) is 4.51. The Morgan fingerprint density at radius 2 is 2.15 bits per heavy atom. The Morgan fingerprint density at radius 1 is 1.46 bits per heavy atom. The lowest BCUT2D eigenvalue weighted by atomic mass is 10.1. The van der Waals surface area contributed by atoms with E-state index in [4.69, 9.17) is 17.3 Å². The number of rotatable bonds is 1.